The second kappa shape index (κ2) is 7.96. The third kappa shape index (κ3) is 4.08. The van der Waals surface area contributed by atoms with Crippen molar-refractivity contribution >= 4 is 0 Å². The largest absolute Gasteiger partial charge is 1.00 e. The summed E-state index contributed by atoms with van der Waals surface area (Å²) in [5.74, 6) is 0.0231. The van der Waals surface area contributed by atoms with Crippen LogP contribution in [-0.4, -0.2) is 35.2 Å². The number of aryl methyl sites for hydroxylation is 1. The summed E-state index contributed by atoms with van der Waals surface area (Å²) < 4.78 is 3.26. The van der Waals surface area contributed by atoms with Crippen LogP contribution >= 0.6 is 0 Å². The molecule has 0 aliphatic carbocycles. The molecule has 2 heterocycles. The van der Waals surface area contributed by atoms with Crippen molar-refractivity contribution in [1.29, 1.82) is 0 Å². The van der Waals surface area contributed by atoms with Gasteiger partial charge in [0, 0.05) is 30.3 Å². The highest BCUT2D eigenvalue weighted by Gasteiger charge is 2.20. The fraction of sp³-hybridized carbons (Fsp3) is 0.375. The van der Waals surface area contributed by atoms with Gasteiger partial charge in [-0.15, -0.1) is 0 Å². The average molecular weight is 324 g/mol. The lowest BCUT2D eigenvalue weighted by atomic mass is 10.2. The van der Waals surface area contributed by atoms with Crippen LogP contribution in [0.2, 0.25) is 0 Å². The van der Waals surface area contributed by atoms with Gasteiger partial charge in [-0.05, 0) is 34.0 Å². The zero-order valence-electron chi connectivity index (χ0n) is 13.2. The molecule has 6 heteroatoms. The van der Waals surface area contributed by atoms with E-state index in [4.69, 9.17) is 0 Å². The van der Waals surface area contributed by atoms with Gasteiger partial charge in [-0.2, -0.15) is 4.57 Å². The highest BCUT2D eigenvalue weighted by atomic mass is 35.5. The molecule has 22 heavy (non-hydrogen) atoms. The molecule has 0 saturated carbocycles. The van der Waals surface area contributed by atoms with Crippen molar-refractivity contribution in [3.05, 3.63) is 52.6 Å². The third-order valence-corrected chi connectivity index (χ3v) is 3.41. The van der Waals surface area contributed by atoms with Crippen LogP contribution in [0.1, 0.15) is 12.0 Å². The first-order valence-corrected chi connectivity index (χ1v) is 7.05. The highest BCUT2D eigenvalue weighted by molar-refractivity contribution is 5.40. The van der Waals surface area contributed by atoms with E-state index >= 15 is 0 Å². The van der Waals surface area contributed by atoms with E-state index in [0.717, 1.165) is 18.5 Å². The van der Waals surface area contributed by atoms with E-state index in [9.17, 15) is 9.90 Å². The van der Waals surface area contributed by atoms with Crippen LogP contribution < -0.4 is 22.5 Å². The number of halogens is 1. The van der Waals surface area contributed by atoms with Crippen LogP contribution in [0.25, 0.3) is 5.69 Å². The number of pyridine rings is 2. The van der Waals surface area contributed by atoms with Crippen molar-refractivity contribution in [1.82, 2.24) is 9.47 Å². The van der Waals surface area contributed by atoms with E-state index < -0.39 is 0 Å². The minimum absolute atomic E-state index is 0. The Balaban J connectivity index is 0.00000242. The fourth-order valence-corrected chi connectivity index (χ4v) is 2.37. The zero-order valence-corrected chi connectivity index (χ0v) is 13.9. The van der Waals surface area contributed by atoms with Crippen molar-refractivity contribution in [2.75, 3.05) is 20.6 Å². The molecule has 120 valence electrons. The molecule has 0 atom stereocenters. The molecule has 0 amide bonds. The van der Waals surface area contributed by atoms with Crippen LogP contribution in [-0.2, 0) is 6.54 Å². The number of hydrogen-bond donors (Lipinski definition) is 1. The van der Waals surface area contributed by atoms with Crippen LogP contribution in [0, 0.1) is 6.92 Å². The highest BCUT2D eigenvalue weighted by Crippen LogP contribution is 2.18. The van der Waals surface area contributed by atoms with Gasteiger partial charge in [0.25, 0.3) is 17.1 Å². The van der Waals surface area contributed by atoms with Crippen molar-refractivity contribution in [2.45, 2.75) is 19.9 Å². The summed E-state index contributed by atoms with van der Waals surface area (Å²) in [5, 5.41) is 10.5. The molecule has 1 N–H and O–H groups in total. The van der Waals surface area contributed by atoms with Crippen LogP contribution in [0.15, 0.2) is 41.5 Å². The number of nitrogens with zero attached hydrogens (tertiary/aromatic N) is 3. The van der Waals surface area contributed by atoms with Crippen molar-refractivity contribution in [2.24, 2.45) is 0 Å². The van der Waals surface area contributed by atoms with E-state index in [1.807, 2.05) is 56.2 Å². The van der Waals surface area contributed by atoms with Crippen molar-refractivity contribution in [3.8, 4) is 11.6 Å². The van der Waals surface area contributed by atoms with Crippen LogP contribution in [0.5, 0.6) is 5.88 Å². The van der Waals surface area contributed by atoms with Crippen molar-refractivity contribution < 1.29 is 22.1 Å². The Hall–Kier alpha value is -1.85. The molecule has 2 aromatic heterocycles. The van der Waals surface area contributed by atoms with Crippen molar-refractivity contribution in [3.63, 3.8) is 0 Å². The van der Waals surface area contributed by atoms with E-state index in [1.54, 1.807) is 6.07 Å². The molecule has 0 aliphatic rings. The molecular weight excluding hydrogens is 302 g/mol. The fourth-order valence-electron chi connectivity index (χ4n) is 2.37. The molecule has 0 spiro atoms. The number of aromatic hydroxyl groups is 1. The Labute approximate surface area is 136 Å². The minimum atomic E-state index is -0.163. The first kappa shape index (κ1) is 18.2. The predicted molar refractivity (Wildman–Crippen MR) is 81.8 cm³/mol. The lowest BCUT2D eigenvalue weighted by molar-refractivity contribution is -0.597. The molecule has 2 aromatic rings. The molecule has 0 aromatic carbocycles. The standard InChI is InChI=1S/C16H21N3O2.ClH/c1-13-12-14(20)19(11-7-8-17(2)3)16(21)15(13)18-9-5-4-6-10-18;/h4-6,9-10,12H,7-8,11H2,1-3H3;1H. The van der Waals surface area contributed by atoms with E-state index in [2.05, 4.69) is 4.90 Å². The molecule has 5 nitrogen and oxygen atoms in total. The molecular formula is C16H22ClN3O2. The zero-order chi connectivity index (χ0) is 15.4. The topological polar surface area (TPSA) is 49.4 Å². The SMILES string of the molecule is Cc1cc(=O)n(CCCN(C)C)c(O)c1-[n+]1ccccc1.[Cl-]. The Kier molecular flexibility index (Phi) is 6.59. The summed E-state index contributed by atoms with van der Waals surface area (Å²) in [5.41, 5.74) is 1.25. The molecule has 2 rings (SSSR count). The van der Waals surface area contributed by atoms with Crippen LogP contribution in [0.4, 0.5) is 0 Å². The number of aromatic nitrogens is 2. The minimum Gasteiger partial charge on any atom is -1.00 e. The van der Waals surface area contributed by atoms with Gasteiger partial charge in [0.05, 0.1) is 0 Å². The molecule has 0 fully saturated rings. The maximum atomic E-state index is 12.1. The first-order valence-electron chi connectivity index (χ1n) is 7.05. The van der Waals surface area contributed by atoms with Gasteiger partial charge in [0.2, 0.25) is 0 Å². The molecule has 0 unspecified atom stereocenters. The number of hydrogen-bond acceptors (Lipinski definition) is 3. The maximum absolute atomic E-state index is 12.1. The lowest BCUT2D eigenvalue weighted by Gasteiger charge is -2.13. The van der Waals surface area contributed by atoms with E-state index in [-0.39, 0.29) is 23.8 Å². The Morgan fingerprint density at radius 1 is 1.23 bits per heavy atom. The Bertz CT molecular complexity index is 669. The molecule has 0 aliphatic heterocycles. The third-order valence-electron chi connectivity index (χ3n) is 3.41. The summed E-state index contributed by atoms with van der Waals surface area (Å²) in [7, 11) is 3.98. The molecule has 0 radical (unpaired) electrons. The predicted octanol–water partition coefficient (Wildman–Crippen LogP) is -1.91. The van der Waals surface area contributed by atoms with Gasteiger partial charge in [-0.3, -0.25) is 9.36 Å². The van der Waals surface area contributed by atoms with Gasteiger partial charge < -0.3 is 22.4 Å². The van der Waals surface area contributed by atoms with Gasteiger partial charge in [0.1, 0.15) is 0 Å². The summed E-state index contributed by atoms with van der Waals surface area (Å²) in [6, 6.07) is 7.27. The summed E-state index contributed by atoms with van der Waals surface area (Å²) >= 11 is 0. The Morgan fingerprint density at radius 3 is 2.45 bits per heavy atom. The van der Waals surface area contributed by atoms with Gasteiger partial charge in [0.15, 0.2) is 12.4 Å². The van der Waals surface area contributed by atoms with E-state index in [0.29, 0.717) is 12.2 Å². The summed E-state index contributed by atoms with van der Waals surface area (Å²) in [6.45, 7) is 3.21. The number of rotatable bonds is 5. The normalized spacial score (nSPS) is 10.5. The average Bonchev–Trinajstić information content (AvgIpc) is 2.43. The van der Waals surface area contributed by atoms with E-state index in [1.165, 1.54) is 4.57 Å². The smallest absolute Gasteiger partial charge is 0.274 e. The molecule has 0 saturated heterocycles. The quantitative estimate of drug-likeness (QED) is 0.654. The molecule has 0 bridgehead atoms. The second-order valence-corrected chi connectivity index (χ2v) is 5.43. The van der Waals surface area contributed by atoms with Gasteiger partial charge in [-0.25, -0.2) is 0 Å². The summed E-state index contributed by atoms with van der Waals surface area (Å²) in [6.07, 6.45) is 4.52. The second-order valence-electron chi connectivity index (χ2n) is 5.43. The maximum Gasteiger partial charge on any atom is 0.274 e. The lowest BCUT2D eigenvalue weighted by Crippen LogP contribution is -3.00. The monoisotopic (exact) mass is 323 g/mol. The van der Waals surface area contributed by atoms with Gasteiger partial charge >= 0.3 is 0 Å². The first-order chi connectivity index (χ1) is 10.0. The van der Waals surface area contributed by atoms with Gasteiger partial charge in [-0.1, -0.05) is 6.07 Å². The van der Waals surface area contributed by atoms with Crippen LogP contribution in [0.3, 0.4) is 0 Å². The Morgan fingerprint density at radius 2 is 1.86 bits per heavy atom. The summed E-state index contributed by atoms with van der Waals surface area (Å²) in [4.78, 5) is 14.2.